The first-order chi connectivity index (χ1) is 17.7. The van der Waals surface area contributed by atoms with Gasteiger partial charge in [-0.05, 0) is 92.1 Å². The molecule has 0 aromatic heterocycles. The third-order valence-corrected chi connectivity index (χ3v) is 10.5. The minimum atomic E-state index is -0.640. The predicted octanol–water partition coefficient (Wildman–Crippen LogP) is 5.67. The molecular formula is C32H47NO4. The van der Waals surface area contributed by atoms with Crippen LogP contribution < -0.4 is 0 Å². The fourth-order valence-corrected chi connectivity index (χ4v) is 7.88. The SMILES string of the molecule is C=C1C(=CC=C2CCC[C@]3(C)[C@@H]([C@H](C)C=C[C@@H](O)C4(C5=NCC(CC)O5)CC4)CC[C@@H]23)C[C@@H](O)C[C@@H]1O. The minimum absolute atomic E-state index is 0.175. The molecule has 5 nitrogen and oxygen atoms in total. The lowest BCUT2D eigenvalue weighted by Gasteiger charge is -2.44. The Morgan fingerprint density at radius 2 is 1.95 bits per heavy atom. The summed E-state index contributed by atoms with van der Waals surface area (Å²) in [7, 11) is 0. The van der Waals surface area contributed by atoms with E-state index in [4.69, 9.17) is 4.74 Å². The van der Waals surface area contributed by atoms with Gasteiger partial charge in [0.1, 0.15) is 6.10 Å². The maximum atomic E-state index is 11.1. The molecule has 5 aliphatic rings. The van der Waals surface area contributed by atoms with Crippen LogP contribution in [-0.4, -0.2) is 52.2 Å². The molecule has 4 fully saturated rings. The van der Waals surface area contributed by atoms with Crippen LogP contribution in [0, 0.1) is 28.6 Å². The lowest BCUT2D eigenvalue weighted by molar-refractivity contribution is 0.0862. The van der Waals surface area contributed by atoms with E-state index in [0.29, 0.717) is 30.6 Å². The van der Waals surface area contributed by atoms with E-state index in [-0.39, 0.29) is 16.9 Å². The largest absolute Gasteiger partial charge is 0.475 e. The third-order valence-electron chi connectivity index (χ3n) is 10.5. The van der Waals surface area contributed by atoms with Crippen LogP contribution in [0.2, 0.25) is 0 Å². The van der Waals surface area contributed by atoms with Crippen LogP contribution in [0.4, 0.5) is 0 Å². The Labute approximate surface area is 223 Å². The Morgan fingerprint density at radius 3 is 2.65 bits per heavy atom. The summed E-state index contributed by atoms with van der Waals surface area (Å²) in [6.45, 7) is 11.7. The quantitative estimate of drug-likeness (QED) is 0.386. The number of ether oxygens (including phenoxy) is 1. The zero-order valence-corrected chi connectivity index (χ0v) is 23.0. The number of hydrogen-bond acceptors (Lipinski definition) is 5. The first kappa shape index (κ1) is 26.9. The van der Waals surface area contributed by atoms with Gasteiger partial charge in [0.05, 0.1) is 30.3 Å². The Morgan fingerprint density at radius 1 is 1.16 bits per heavy atom. The van der Waals surface area contributed by atoms with Gasteiger partial charge in [-0.3, -0.25) is 4.99 Å². The van der Waals surface area contributed by atoms with Gasteiger partial charge >= 0.3 is 0 Å². The van der Waals surface area contributed by atoms with E-state index in [1.165, 1.54) is 31.3 Å². The van der Waals surface area contributed by atoms with Gasteiger partial charge in [-0.15, -0.1) is 0 Å². The first-order valence-corrected chi connectivity index (χ1v) is 14.7. The number of nitrogens with zero attached hydrogens (tertiary/aromatic N) is 1. The van der Waals surface area contributed by atoms with Gasteiger partial charge in [-0.1, -0.05) is 57.2 Å². The van der Waals surface area contributed by atoms with Crippen molar-refractivity contribution in [1.82, 2.24) is 0 Å². The fourth-order valence-electron chi connectivity index (χ4n) is 7.88. The Kier molecular flexibility index (Phi) is 7.61. The Balaban J connectivity index is 1.26. The molecule has 8 atom stereocenters. The van der Waals surface area contributed by atoms with Crippen LogP contribution in [0.5, 0.6) is 0 Å². The molecule has 5 rings (SSSR count). The molecule has 4 saturated carbocycles. The van der Waals surface area contributed by atoms with Crippen molar-refractivity contribution in [2.75, 3.05) is 6.54 Å². The van der Waals surface area contributed by atoms with E-state index in [0.717, 1.165) is 49.3 Å². The van der Waals surface area contributed by atoms with Crippen molar-refractivity contribution >= 4 is 5.90 Å². The summed E-state index contributed by atoms with van der Waals surface area (Å²) >= 11 is 0. The molecule has 0 amide bonds. The molecular weight excluding hydrogens is 462 g/mol. The molecule has 3 N–H and O–H groups in total. The molecule has 37 heavy (non-hydrogen) atoms. The summed E-state index contributed by atoms with van der Waals surface area (Å²) in [5.41, 5.74) is 3.22. The highest BCUT2D eigenvalue weighted by Crippen LogP contribution is 2.60. The van der Waals surface area contributed by atoms with Gasteiger partial charge in [-0.2, -0.15) is 0 Å². The number of hydrogen-bond donors (Lipinski definition) is 3. The number of fused-ring (bicyclic) bond motifs is 1. The van der Waals surface area contributed by atoms with Gasteiger partial charge < -0.3 is 20.1 Å². The molecule has 5 heteroatoms. The van der Waals surface area contributed by atoms with E-state index in [1.54, 1.807) is 0 Å². The number of aliphatic hydroxyl groups is 3. The molecule has 4 aliphatic carbocycles. The second-order valence-corrected chi connectivity index (χ2v) is 12.8. The van der Waals surface area contributed by atoms with E-state index >= 15 is 0 Å². The van der Waals surface area contributed by atoms with E-state index in [1.807, 2.05) is 6.08 Å². The topological polar surface area (TPSA) is 82.3 Å². The molecule has 1 heterocycles. The molecule has 0 radical (unpaired) electrons. The molecule has 204 valence electrons. The van der Waals surface area contributed by atoms with Gasteiger partial charge in [0.2, 0.25) is 0 Å². The normalized spacial score (nSPS) is 41.1. The lowest BCUT2D eigenvalue weighted by atomic mass is 9.61. The summed E-state index contributed by atoms with van der Waals surface area (Å²) in [6, 6.07) is 0. The van der Waals surface area contributed by atoms with Crippen LogP contribution in [0.25, 0.3) is 0 Å². The number of rotatable bonds is 7. The number of allylic oxidation sites excluding steroid dienone is 4. The summed E-state index contributed by atoms with van der Waals surface area (Å²) in [4.78, 5) is 4.64. The van der Waals surface area contributed by atoms with Crippen molar-refractivity contribution in [2.45, 2.75) is 109 Å². The zero-order valence-electron chi connectivity index (χ0n) is 23.0. The molecule has 1 unspecified atom stereocenters. The van der Waals surface area contributed by atoms with Crippen molar-refractivity contribution in [1.29, 1.82) is 0 Å². The molecule has 0 spiro atoms. The third kappa shape index (κ3) is 5.04. The van der Waals surface area contributed by atoms with E-state index < -0.39 is 18.3 Å². The van der Waals surface area contributed by atoms with Crippen LogP contribution in [0.15, 0.2) is 52.6 Å². The maximum absolute atomic E-state index is 11.1. The smallest absolute Gasteiger partial charge is 0.193 e. The highest BCUT2D eigenvalue weighted by atomic mass is 16.5. The fraction of sp³-hybridized carbons (Fsp3) is 0.719. The molecule has 0 aromatic carbocycles. The van der Waals surface area contributed by atoms with Crippen LogP contribution >= 0.6 is 0 Å². The van der Waals surface area contributed by atoms with Crippen molar-refractivity contribution in [2.24, 2.45) is 33.6 Å². The van der Waals surface area contributed by atoms with E-state index in [2.05, 4.69) is 50.6 Å². The summed E-state index contributed by atoms with van der Waals surface area (Å²) < 4.78 is 6.06. The average molecular weight is 510 g/mol. The molecule has 0 bridgehead atoms. The monoisotopic (exact) mass is 509 g/mol. The first-order valence-electron chi connectivity index (χ1n) is 14.7. The van der Waals surface area contributed by atoms with Crippen molar-refractivity contribution in [3.05, 3.63) is 47.6 Å². The van der Waals surface area contributed by atoms with Gasteiger partial charge in [0.25, 0.3) is 0 Å². The molecule has 0 saturated heterocycles. The summed E-state index contributed by atoms with van der Waals surface area (Å²) in [6.07, 6.45) is 17.0. The van der Waals surface area contributed by atoms with Crippen molar-refractivity contribution < 1.29 is 20.1 Å². The van der Waals surface area contributed by atoms with Crippen LogP contribution in [-0.2, 0) is 4.74 Å². The van der Waals surface area contributed by atoms with Crippen molar-refractivity contribution in [3.8, 4) is 0 Å². The van der Waals surface area contributed by atoms with E-state index in [9.17, 15) is 15.3 Å². The molecule has 1 aliphatic heterocycles. The van der Waals surface area contributed by atoms with Crippen LogP contribution in [0.1, 0.15) is 85.0 Å². The van der Waals surface area contributed by atoms with Crippen LogP contribution in [0.3, 0.4) is 0 Å². The average Bonchev–Trinajstić information content (AvgIpc) is 3.39. The number of aliphatic imine (C=N–C) groups is 1. The highest BCUT2D eigenvalue weighted by molar-refractivity contribution is 5.87. The van der Waals surface area contributed by atoms with Gasteiger partial charge in [0, 0.05) is 6.42 Å². The van der Waals surface area contributed by atoms with Gasteiger partial charge in [-0.25, -0.2) is 0 Å². The Hall–Kier alpha value is -1.69. The predicted molar refractivity (Wildman–Crippen MR) is 148 cm³/mol. The standard InChI is InChI=1S/C32H47NO4/c1-5-25-19-33-30(37-25)32(15-16-32)29(36)13-8-20(2)26-11-12-27-22(7-6-14-31(26,27)4)9-10-23-17-24(34)18-28(35)21(23)3/h8-10,13,20,24-29,34-36H,3,5-7,11-12,14-19H2,1-2,4H3/t20-,24-,25?,26-,27+,28+,29-,31-/m1/s1. The lowest BCUT2D eigenvalue weighted by Crippen LogP contribution is -2.36. The number of aliphatic hydroxyl groups excluding tert-OH is 3. The Bertz CT molecular complexity index is 1000. The van der Waals surface area contributed by atoms with Gasteiger partial charge in [0.15, 0.2) is 5.90 Å². The zero-order chi connectivity index (χ0) is 26.4. The summed E-state index contributed by atoms with van der Waals surface area (Å²) in [5.74, 6) is 2.34. The van der Waals surface area contributed by atoms with Crippen molar-refractivity contribution in [3.63, 3.8) is 0 Å². The molecule has 0 aromatic rings. The maximum Gasteiger partial charge on any atom is 0.193 e. The second kappa shape index (κ2) is 10.5. The minimum Gasteiger partial charge on any atom is -0.475 e. The highest BCUT2D eigenvalue weighted by Gasteiger charge is 2.56. The summed E-state index contributed by atoms with van der Waals surface area (Å²) in [5, 5.41) is 31.5. The second-order valence-electron chi connectivity index (χ2n) is 12.8.